The van der Waals surface area contributed by atoms with E-state index in [2.05, 4.69) is 15.1 Å². The van der Waals surface area contributed by atoms with Gasteiger partial charge in [-0.3, -0.25) is 4.79 Å². The molecule has 1 saturated heterocycles. The lowest BCUT2D eigenvalue weighted by Crippen LogP contribution is -2.39. The highest BCUT2D eigenvalue weighted by molar-refractivity contribution is 6.29. The van der Waals surface area contributed by atoms with Gasteiger partial charge in [0.15, 0.2) is 16.8 Å². The Bertz CT molecular complexity index is 754. The molecule has 0 unspecified atom stereocenters. The monoisotopic (exact) mass is 359 g/mol. The maximum atomic E-state index is 13.0. The predicted molar refractivity (Wildman–Crippen MR) is 98.8 cm³/mol. The Morgan fingerprint density at radius 2 is 1.96 bits per heavy atom. The lowest BCUT2D eigenvalue weighted by molar-refractivity contribution is 0.0907. The maximum Gasteiger partial charge on any atom is 0.167 e. The van der Waals surface area contributed by atoms with Crippen molar-refractivity contribution in [2.45, 2.75) is 26.7 Å². The molecule has 0 amide bonds. The van der Waals surface area contributed by atoms with Gasteiger partial charge in [-0.15, -0.1) is 10.2 Å². The highest BCUT2D eigenvalue weighted by atomic mass is 35.5. The number of methoxy groups -OCH3 is 1. The minimum atomic E-state index is -0.0431. The van der Waals surface area contributed by atoms with E-state index < -0.39 is 0 Å². The van der Waals surface area contributed by atoms with Crippen LogP contribution in [-0.4, -0.2) is 36.2 Å². The second-order valence-corrected chi connectivity index (χ2v) is 6.89. The maximum absolute atomic E-state index is 13.0. The second kappa shape index (κ2) is 7.40. The molecule has 1 aromatic heterocycles. The largest absolute Gasteiger partial charge is 0.496 e. The van der Waals surface area contributed by atoms with Crippen molar-refractivity contribution < 1.29 is 9.53 Å². The van der Waals surface area contributed by atoms with E-state index in [1.54, 1.807) is 13.2 Å². The number of rotatable bonds is 4. The number of hydrogen-bond donors (Lipinski definition) is 0. The number of ether oxygens (including phenoxy) is 1. The average Bonchev–Trinajstić information content (AvgIpc) is 2.61. The minimum Gasteiger partial charge on any atom is -0.496 e. The highest BCUT2D eigenvalue weighted by Crippen LogP contribution is 2.28. The Hall–Kier alpha value is -2.14. The Kier molecular flexibility index (Phi) is 5.23. The van der Waals surface area contributed by atoms with Crippen LogP contribution in [0.25, 0.3) is 0 Å². The van der Waals surface area contributed by atoms with Crippen LogP contribution in [0.15, 0.2) is 24.3 Å². The third kappa shape index (κ3) is 3.76. The summed E-state index contributed by atoms with van der Waals surface area (Å²) in [5.74, 6) is 1.75. The summed E-state index contributed by atoms with van der Waals surface area (Å²) in [6.07, 6.45) is 1.84. The molecule has 0 radical (unpaired) electrons. The van der Waals surface area contributed by atoms with Crippen molar-refractivity contribution in [3.63, 3.8) is 0 Å². The van der Waals surface area contributed by atoms with Crippen molar-refractivity contribution in [1.82, 2.24) is 10.2 Å². The Labute approximate surface area is 153 Å². The molecule has 1 fully saturated rings. The van der Waals surface area contributed by atoms with Gasteiger partial charge < -0.3 is 9.64 Å². The molecule has 0 bridgehead atoms. The predicted octanol–water partition coefficient (Wildman–Crippen LogP) is 3.85. The first-order valence-corrected chi connectivity index (χ1v) is 8.81. The Morgan fingerprint density at radius 3 is 2.56 bits per heavy atom. The van der Waals surface area contributed by atoms with Gasteiger partial charge in [0, 0.05) is 24.6 Å². The number of hydrogen-bond acceptors (Lipinski definition) is 5. The summed E-state index contributed by atoms with van der Waals surface area (Å²) in [5, 5.41) is 8.41. The first-order chi connectivity index (χ1) is 12.0. The number of nitrogens with zero attached hydrogens (tertiary/aromatic N) is 3. The number of aryl methyl sites for hydroxylation is 2. The first kappa shape index (κ1) is 17.7. The zero-order valence-electron chi connectivity index (χ0n) is 14.8. The van der Waals surface area contributed by atoms with Gasteiger partial charge >= 0.3 is 0 Å². The fraction of sp³-hybridized carbons (Fsp3) is 0.421. The van der Waals surface area contributed by atoms with E-state index in [9.17, 15) is 4.79 Å². The van der Waals surface area contributed by atoms with E-state index in [0.717, 1.165) is 47.6 Å². The molecule has 0 spiro atoms. The van der Waals surface area contributed by atoms with Crippen LogP contribution in [0.5, 0.6) is 5.75 Å². The smallest absolute Gasteiger partial charge is 0.167 e. The number of ketones is 1. The van der Waals surface area contributed by atoms with Crippen LogP contribution in [0.1, 0.15) is 34.3 Å². The summed E-state index contributed by atoms with van der Waals surface area (Å²) in [5.41, 5.74) is 2.73. The third-order valence-electron chi connectivity index (χ3n) is 4.68. The third-order valence-corrected chi connectivity index (χ3v) is 4.88. The molecule has 1 aromatic carbocycles. The van der Waals surface area contributed by atoms with E-state index in [4.69, 9.17) is 16.3 Å². The fourth-order valence-corrected chi connectivity index (χ4v) is 3.63. The van der Waals surface area contributed by atoms with Crippen molar-refractivity contribution >= 4 is 23.2 Å². The van der Waals surface area contributed by atoms with Gasteiger partial charge in [0.05, 0.1) is 7.11 Å². The minimum absolute atomic E-state index is 0.0431. The SMILES string of the molecule is COc1c(C)cc(C(=O)[C@H]2CCCN(c3ccc(Cl)nn3)C2)cc1C. The number of anilines is 1. The topological polar surface area (TPSA) is 55.3 Å². The fourth-order valence-electron chi connectivity index (χ4n) is 3.53. The molecule has 2 heterocycles. The van der Waals surface area contributed by atoms with Crippen LogP contribution >= 0.6 is 11.6 Å². The number of piperidine rings is 1. The van der Waals surface area contributed by atoms with Gasteiger partial charge in [-0.1, -0.05) is 11.6 Å². The molecule has 0 N–H and O–H groups in total. The summed E-state index contributed by atoms with van der Waals surface area (Å²) < 4.78 is 5.39. The van der Waals surface area contributed by atoms with Gasteiger partial charge in [-0.25, -0.2) is 0 Å². The lowest BCUT2D eigenvalue weighted by atomic mass is 9.88. The van der Waals surface area contributed by atoms with Crippen molar-refractivity contribution in [2.75, 3.05) is 25.1 Å². The molecular formula is C19H22ClN3O2. The van der Waals surface area contributed by atoms with Crippen molar-refractivity contribution in [3.05, 3.63) is 46.1 Å². The Morgan fingerprint density at radius 1 is 1.24 bits per heavy atom. The van der Waals surface area contributed by atoms with E-state index in [1.807, 2.05) is 32.0 Å². The molecule has 5 nitrogen and oxygen atoms in total. The van der Waals surface area contributed by atoms with Gasteiger partial charge in [0.2, 0.25) is 0 Å². The number of Topliss-reactive ketones (excluding diaryl/α,β-unsaturated/α-hetero) is 1. The molecule has 1 aliphatic heterocycles. The molecule has 0 aliphatic carbocycles. The van der Waals surface area contributed by atoms with Gasteiger partial charge in [0.1, 0.15) is 5.75 Å². The summed E-state index contributed by atoms with van der Waals surface area (Å²) >= 11 is 5.81. The van der Waals surface area contributed by atoms with Crippen LogP contribution in [0, 0.1) is 19.8 Å². The summed E-state index contributed by atoms with van der Waals surface area (Å²) in [7, 11) is 1.66. The van der Waals surface area contributed by atoms with Crippen LogP contribution < -0.4 is 9.64 Å². The molecule has 25 heavy (non-hydrogen) atoms. The molecule has 0 saturated carbocycles. The number of carbonyl (C=O) groups is 1. The average molecular weight is 360 g/mol. The number of aromatic nitrogens is 2. The van der Waals surface area contributed by atoms with Crippen molar-refractivity contribution in [2.24, 2.45) is 5.92 Å². The first-order valence-electron chi connectivity index (χ1n) is 8.43. The molecule has 1 atom stereocenters. The van der Waals surface area contributed by atoms with Crippen LogP contribution in [-0.2, 0) is 0 Å². The second-order valence-electron chi connectivity index (χ2n) is 6.51. The lowest BCUT2D eigenvalue weighted by Gasteiger charge is -2.32. The molecule has 2 aromatic rings. The van der Waals surface area contributed by atoms with Crippen LogP contribution in [0.4, 0.5) is 5.82 Å². The molecule has 6 heteroatoms. The zero-order chi connectivity index (χ0) is 18.0. The number of benzene rings is 1. The van der Waals surface area contributed by atoms with Gasteiger partial charge in [0.25, 0.3) is 0 Å². The van der Waals surface area contributed by atoms with E-state index in [-0.39, 0.29) is 11.7 Å². The molecule has 132 valence electrons. The van der Waals surface area contributed by atoms with Crippen LogP contribution in [0.2, 0.25) is 5.15 Å². The molecule has 3 rings (SSSR count). The number of carbonyl (C=O) groups excluding carboxylic acids is 1. The quantitative estimate of drug-likeness (QED) is 0.776. The molecule has 1 aliphatic rings. The van der Waals surface area contributed by atoms with E-state index >= 15 is 0 Å². The normalized spacial score (nSPS) is 17.4. The zero-order valence-corrected chi connectivity index (χ0v) is 15.5. The van der Waals surface area contributed by atoms with Crippen molar-refractivity contribution in [3.8, 4) is 5.75 Å². The number of halogens is 1. The van der Waals surface area contributed by atoms with Gasteiger partial charge in [-0.2, -0.15) is 0 Å². The van der Waals surface area contributed by atoms with Crippen LogP contribution in [0.3, 0.4) is 0 Å². The summed E-state index contributed by atoms with van der Waals surface area (Å²) in [4.78, 5) is 15.1. The van der Waals surface area contributed by atoms with E-state index in [0.29, 0.717) is 11.7 Å². The standard InChI is InChI=1S/C19H22ClN3O2/c1-12-9-15(10-13(2)19(12)25-3)18(24)14-5-4-8-23(11-14)17-7-6-16(20)21-22-17/h6-7,9-10,14H,4-5,8,11H2,1-3H3/t14-/m0/s1. The Balaban J connectivity index is 1.79. The highest BCUT2D eigenvalue weighted by Gasteiger charge is 2.28. The molecular weight excluding hydrogens is 338 g/mol. The van der Waals surface area contributed by atoms with Crippen molar-refractivity contribution in [1.29, 1.82) is 0 Å². The summed E-state index contributed by atoms with van der Waals surface area (Å²) in [6, 6.07) is 7.43. The van der Waals surface area contributed by atoms with Gasteiger partial charge in [-0.05, 0) is 62.1 Å². The summed E-state index contributed by atoms with van der Waals surface area (Å²) in [6.45, 7) is 5.47. The van der Waals surface area contributed by atoms with E-state index in [1.165, 1.54) is 0 Å².